The van der Waals surface area contributed by atoms with E-state index < -0.39 is 63.6 Å². The van der Waals surface area contributed by atoms with E-state index >= 15 is 4.79 Å². The highest BCUT2D eigenvalue weighted by molar-refractivity contribution is 6.33. The number of hydrogen-bond donors (Lipinski definition) is 2. The zero-order valence-electron chi connectivity index (χ0n) is 32.0. The lowest BCUT2D eigenvalue weighted by Gasteiger charge is -2.50. The summed E-state index contributed by atoms with van der Waals surface area (Å²) in [5.74, 6) is -6.82. The predicted octanol–water partition coefficient (Wildman–Crippen LogP) is 9.01. The van der Waals surface area contributed by atoms with Crippen LogP contribution in [0.4, 0.5) is 19.0 Å². The molecule has 2 N–H and O–H groups in total. The summed E-state index contributed by atoms with van der Waals surface area (Å²) in [7, 11) is 0. The number of benzene rings is 3. The van der Waals surface area contributed by atoms with Crippen molar-refractivity contribution < 1.29 is 42.2 Å². The molecular formula is C45H39Cl2F3N4O6. The number of nitrogens with zero attached hydrogens (tertiary/aromatic N) is 3. The number of carbonyl (C=O) groups is 4. The Bertz CT molecular complexity index is 2430. The van der Waals surface area contributed by atoms with Crippen molar-refractivity contribution in [3.05, 3.63) is 129 Å². The van der Waals surface area contributed by atoms with Crippen molar-refractivity contribution in [1.29, 1.82) is 0 Å². The predicted molar refractivity (Wildman–Crippen MR) is 214 cm³/mol. The highest BCUT2D eigenvalue weighted by Crippen LogP contribution is 2.65. The highest BCUT2D eigenvalue weighted by Gasteiger charge is 2.71. The van der Waals surface area contributed by atoms with Crippen LogP contribution in [-0.2, 0) is 37.4 Å². The molecule has 6 unspecified atom stereocenters. The van der Waals surface area contributed by atoms with E-state index in [1.165, 1.54) is 11.0 Å². The Morgan fingerprint density at radius 3 is 2.30 bits per heavy atom. The summed E-state index contributed by atoms with van der Waals surface area (Å²) in [5.41, 5.74) is 1.87. The van der Waals surface area contributed by atoms with Crippen molar-refractivity contribution in [2.75, 3.05) is 5.43 Å². The van der Waals surface area contributed by atoms with Crippen LogP contribution in [0.2, 0.25) is 10.0 Å². The first-order valence-corrected chi connectivity index (χ1v) is 20.7. The normalized spacial score (nSPS) is 26.8. The van der Waals surface area contributed by atoms with E-state index in [4.69, 9.17) is 27.9 Å². The Balaban J connectivity index is 1.19. The van der Waals surface area contributed by atoms with Crippen LogP contribution in [0.5, 0.6) is 11.5 Å². The summed E-state index contributed by atoms with van der Waals surface area (Å²) < 4.78 is 46.8. The molecule has 2 saturated carbocycles. The molecule has 4 fully saturated rings. The lowest BCUT2D eigenvalue weighted by Crippen LogP contribution is -2.53. The van der Waals surface area contributed by atoms with Crippen molar-refractivity contribution in [2.45, 2.75) is 75.1 Å². The fourth-order valence-corrected chi connectivity index (χ4v) is 10.8. The molecule has 9 rings (SSSR count). The summed E-state index contributed by atoms with van der Waals surface area (Å²) in [6, 6.07) is 21.1. The molecule has 4 amide bonds. The molecule has 2 aliphatic heterocycles. The number of phenolic OH excluding ortho intramolecular Hbond substituents is 1. The van der Waals surface area contributed by atoms with Crippen LogP contribution in [-0.4, -0.2) is 49.7 Å². The number of amides is 4. The summed E-state index contributed by atoms with van der Waals surface area (Å²) >= 11 is 12.7. The van der Waals surface area contributed by atoms with Gasteiger partial charge in [-0.2, -0.15) is 18.2 Å². The van der Waals surface area contributed by atoms with E-state index in [0.717, 1.165) is 29.8 Å². The molecule has 4 aromatic rings. The Morgan fingerprint density at radius 1 is 0.883 bits per heavy atom. The van der Waals surface area contributed by atoms with Gasteiger partial charge in [0.05, 0.1) is 33.8 Å². The minimum Gasteiger partial charge on any atom is -0.508 e. The van der Waals surface area contributed by atoms with Crippen LogP contribution < -0.4 is 10.2 Å². The van der Waals surface area contributed by atoms with Crippen molar-refractivity contribution in [3.63, 3.8) is 0 Å². The molecule has 3 aromatic carbocycles. The second kappa shape index (κ2) is 15.3. The third-order valence-corrected chi connectivity index (χ3v) is 13.6. The van der Waals surface area contributed by atoms with Crippen LogP contribution in [0.3, 0.4) is 0 Å². The molecule has 15 heteroatoms. The smallest absolute Gasteiger partial charge is 0.417 e. The Labute approximate surface area is 353 Å². The first-order chi connectivity index (χ1) is 28.8. The number of aromatic hydroxyl groups is 1. The third kappa shape index (κ3) is 6.52. The molecule has 0 spiro atoms. The minimum atomic E-state index is -4.76. The third-order valence-electron chi connectivity index (χ3n) is 13.1. The molecule has 310 valence electrons. The molecule has 2 saturated heterocycles. The summed E-state index contributed by atoms with van der Waals surface area (Å²) in [4.78, 5) is 64.6. The number of imide groups is 2. The summed E-state index contributed by atoms with van der Waals surface area (Å²) in [5, 5.41) is 12.6. The fourth-order valence-electron chi connectivity index (χ4n) is 10.4. The van der Waals surface area contributed by atoms with Gasteiger partial charge in [0.2, 0.25) is 11.8 Å². The van der Waals surface area contributed by atoms with Crippen LogP contribution in [0.25, 0.3) is 0 Å². The van der Waals surface area contributed by atoms with Crippen molar-refractivity contribution in [2.24, 2.45) is 23.7 Å². The maximum atomic E-state index is 15.5. The van der Waals surface area contributed by atoms with E-state index in [0.29, 0.717) is 47.0 Å². The molecule has 60 heavy (non-hydrogen) atoms. The minimum absolute atomic E-state index is 0.0282. The standard InChI is InChI=1S/C45H39Cl2F3N4O6/c46-27-13-11-25(12-14-27)44-34(41(57)54(43(44)59)52-39-35(47)19-26(22-51-39)45(48,49)50)21-33-30(17-18-32-37(33)42(58)53(40(32)56)28-9-5-2-6-10-28)38(44)31-16-15-29(20-36(31)55)60-23-24-7-3-1-4-8-24/h1,3-4,7-8,11-17,19-20,22,28,32-34,37-38,55H,2,5-6,9-10,18,21,23H2,(H,51,52). The van der Waals surface area contributed by atoms with Gasteiger partial charge in [0.1, 0.15) is 18.1 Å². The lowest BCUT2D eigenvalue weighted by atomic mass is 9.49. The van der Waals surface area contributed by atoms with Gasteiger partial charge in [-0.05, 0) is 67.0 Å². The van der Waals surface area contributed by atoms with E-state index in [2.05, 4.69) is 10.4 Å². The maximum absolute atomic E-state index is 15.5. The number of ether oxygens (including phenoxy) is 1. The SMILES string of the molecule is O=C1C2CC3C(=CCC4C(=O)N(C5CCCCC5)C(=O)C43)C(c3ccc(OCc4ccccc4)cc3O)C2(c2ccc(Cl)cc2)C(=O)N1Nc1ncc(C(F)(F)F)cc1Cl. The van der Waals surface area contributed by atoms with E-state index in [-0.39, 0.29) is 54.4 Å². The second-order valence-corrected chi connectivity index (χ2v) is 17.1. The molecule has 0 bridgehead atoms. The van der Waals surface area contributed by atoms with Crippen LogP contribution in [0.1, 0.15) is 73.1 Å². The fraction of sp³-hybridized carbons (Fsp3) is 0.356. The molecule has 5 aliphatic rings. The number of hydrazine groups is 1. The molecular weight excluding hydrogens is 820 g/mol. The van der Waals surface area contributed by atoms with Gasteiger partial charge in [-0.1, -0.05) is 103 Å². The Hall–Kier alpha value is -5.40. The number of halogens is 5. The zero-order valence-corrected chi connectivity index (χ0v) is 33.5. The molecule has 3 heterocycles. The van der Waals surface area contributed by atoms with Gasteiger partial charge in [0.15, 0.2) is 5.82 Å². The summed E-state index contributed by atoms with van der Waals surface area (Å²) in [6.45, 7) is 0.206. The number of hydrogen-bond acceptors (Lipinski definition) is 8. The van der Waals surface area contributed by atoms with Crippen LogP contribution >= 0.6 is 23.2 Å². The number of pyridine rings is 1. The average Bonchev–Trinajstić information content (AvgIpc) is 3.62. The van der Waals surface area contributed by atoms with Crippen LogP contribution in [0.15, 0.2) is 96.7 Å². The number of likely N-dealkylation sites (tertiary alicyclic amines) is 1. The number of nitrogens with one attached hydrogen (secondary N) is 1. The van der Waals surface area contributed by atoms with Gasteiger partial charge < -0.3 is 9.84 Å². The van der Waals surface area contributed by atoms with E-state index in [9.17, 15) is 32.7 Å². The number of fused-ring (bicyclic) bond motifs is 4. The Morgan fingerprint density at radius 2 is 1.62 bits per heavy atom. The lowest BCUT2D eigenvalue weighted by molar-refractivity contribution is -0.144. The first-order valence-electron chi connectivity index (χ1n) is 20.0. The van der Waals surface area contributed by atoms with Gasteiger partial charge in [-0.15, -0.1) is 0 Å². The highest BCUT2D eigenvalue weighted by atomic mass is 35.5. The topological polar surface area (TPSA) is 129 Å². The quantitative estimate of drug-likeness (QED) is 0.133. The molecule has 10 nitrogen and oxygen atoms in total. The number of allylic oxidation sites excluding steroid dienone is 2. The van der Waals surface area contributed by atoms with Crippen LogP contribution in [0, 0.1) is 23.7 Å². The largest absolute Gasteiger partial charge is 0.508 e. The molecule has 1 aromatic heterocycles. The number of carbonyl (C=O) groups excluding carboxylic acids is 4. The van der Waals surface area contributed by atoms with Crippen molar-refractivity contribution in [1.82, 2.24) is 14.9 Å². The van der Waals surface area contributed by atoms with Gasteiger partial charge in [0, 0.05) is 34.8 Å². The number of aromatic nitrogens is 1. The van der Waals surface area contributed by atoms with Gasteiger partial charge in [0.25, 0.3) is 11.8 Å². The van der Waals surface area contributed by atoms with Gasteiger partial charge >= 0.3 is 6.18 Å². The number of anilines is 1. The van der Waals surface area contributed by atoms with Gasteiger partial charge in [-0.3, -0.25) is 29.5 Å². The van der Waals surface area contributed by atoms with E-state index in [1.54, 1.807) is 36.4 Å². The number of alkyl halides is 3. The molecule has 0 radical (unpaired) electrons. The van der Waals surface area contributed by atoms with Gasteiger partial charge in [-0.25, -0.2) is 4.98 Å². The van der Waals surface area contributed by atoms with Crippen molar-refractivity contribution >= 4 is 52.6 Å². The second-order valence-electron chi connectivity index (χ2n) is 16.3. The molecule has 3 aliphatic carbocycles. The average molecular weight is 860 g/mol. The summed E-state index contributed by atoms with van der Waals surface area (Å²) in [6.07, 6.45) is 2.12. The number of phenols is 1. The molecule has 6 atom stereocenters. The maximum Gasteiger partial charge on any atom is 0.417 e. The zero-order chi connectivity index (χ0) is 42.1. The first kappa shape index (κ1) is 40.0. The van der Waals surface area contributed by atoms with E-state index in [1.807, 2.05) is 36.4 Å². The number of rotatable bonds is 8. The monoisotopic (exact) mass is 858 g/mol. The van der Waals surface area contributed by atoms with Crippen molar-refractivity contribution in [3.8, 4) is 11.5 Å². The Kier molecular flexibility index (Phi) is 10.2.